The lowest BCUT2D eigenvalue weighted by Crippen LogP contribution is -2.38. The highest BCUT2D eigenvalue weighted by molar-refractivity contribution is 7.98. The van der Waals surface area contributed by atoms with Crippen LogP contribution in [0.25, 0.3) is 11.0 Å². The van der Waals surface area contributed by atoms with Crippen molar-refractivity contribution < 1.29 is 4.79 Å². The van der Waals surface area contributed by atoms with Crippen molar-refractivity contribution in [2.45, 2.75) is 56.0 Å². The van der Waals surface area contributed by atoms with Crippen LogP contribution in [0.15, 0.2) is 35.6 Å². The maximum Gasteiger partial charge on any atom is 0.319 e. The van der Waals surface area contributed by atoms with E-state index in [1.54, 1.807) is 18.0 Å². The van der Waals surface area contributed by atoms with Crippen molar-refractivity contribution in [2.75, 3.05) is 5.32 Å². The lowest BCUT2D eigenvalue weighted by atomic mass is 9.96. The van der Waals surface area contributed by atoms with Crippen molar-refractivity contribution in [1.82, 2.24) is 24.8 Å². The Labute approximate surface area is 174 Å². The number of rotatable bonds is 5. The van der Waals surface area contributed by atoms with E-state index in [0.717, 1.165) is 46.2 Å². The van der Waals surface area contributed by atoms with Crippen LogP contribution in [-0.2, 0) is 12.8 Å². The quantitative estimate of drug-likeness (QED) is 0.480. The molecule has 1 aliphatic rings. The van der Waals surface area contributed by atoms with Crippen LogP contribution < -0.4 is 10.6 Å². The molecule has 0 bridgehead atoms. The van der Waals surface area contributed by atoms with Gasteiger partial charge in [0.05, 0.1) is 16.8 Å². The fraction of sp³-hybridized carbons (Fsp3) is 0.429. The number of fused-ring (bicyclic) bond motifs is 1. The molecule has 1 aliphatic carbocycles. The van der Waals surface area contributed by atoms with E-state index in [1.807, 2.05) is 38.2 Å². The highest BCUT2D eigenvalue weighted by Gasteiger charge is 2.16. The summed E-state index contributed by atoms with van der Waals surface area (Å²) in [4.78, 5) is 25.8. The maximum absolute atomic E-state index is 12.3. The fourth-order valence-corrected chi connectivity index (χ4v) is 4.54. The molecule has 8 heteroatoms. The van der Waals surface area contributed by atoms with Gasteiger partial charge in [0.15, 0.2) is 5.16 Å². The number of amides is 2. The lowest BCUT2D eigenvalue weighted by molar-refractivity contribution is 0.244. The second kappa shape index (κ2) is 8.82. The molecule has 0 atom stereocenters. The van der Waals surface area contributed by atoms with E-state index in [4.69, 9.17) is 4.98 Å². The Hall–Kier alpha value is -2.61. The van der Waals surface area contributed by atoms with Gasteiger partial charge in [0.1, 0.15) is 5.82 Å². The van der Waals surface area contributed by atoms with Gasteiger partial charge < -0.3 is 15.2 Å². The summed E-state index contributed by atoms with van der Waals surface area (Å²) < 4.78 is 2.07. The van der Waals surface area contributed by atoms with Crippen molar-refractivity contribution in [3.8, 4) is 0 Å². The van der Waals surface area contributed by atoms with E-state index >= 15 is 0 Å². The summed E-state index contributed by atoms with van der Waals surface area (Å²) >= 11 is 1.57. The predicted molar refractivity (Wildman–Crippen MR) is 116 cm³/mol. The Morgan fingerprint density at radius 2 is 2.03 bits per heavy atom. The van der Waals surface area contributed by atoms with E-state index in [0.29, 0.717) is 5.75 Å². The molecule has 0 radical (unpaired) electrons. The molecule has 4 rings (SSSR count). The van der Waals surface area contributed by atoms with Crippen molar-refractivity contribution in [3.63, 3.8) is 0 Å². The van der Waals surface area contributed by atoms with Crippen LogP contribution >= 0.6 is 11.8 Å². The number of carbonyl (C=O) groups is 1. The maximum atomic E-state index is 12.3. The number of aromatic nitrogens is 4. The molecule has 2 heterocycles. The molecule has 29 heavy (non-hydrogen) atoms. The van der Waals surface area contributed by atoms with Gasteiger partial charge in [-0.15, -0.1) is 0 Å². The van der Waals surface area contributed by atoms with Gasteiger partial charge in [0.25, 0.3) is 0 Å². The Bertz CT molecular complexity index is 1010. The highest BCUT2D eigenvalue weighted by atomic mass is 32.2. The van der Waals surface area contributed by atoms with E-state index in [-0.39, 0.29) is 12.1 Å². The number of thioether (sulfide) groups is 1. The van der Waals surface area contributed by atoms with Gasteiger partial charge in [0.2, 0.25) is 0 Å². The minimum atomic E-state index is -0.139. The lowest BCUT2D eigenvalue weighted by Gasteiger charge is -2.22. The van der Waals surface area contributed by atoms with E-state index < -0.39 is 0 Å². The molecule has 0 aliphatic heterocycles. The SMILES string of the molecule is Cc1ccnc(SCc2nc3cc(NC(=O)NC4CCCCC4)ccc3n2C)n1. The number of hydrogen-bond acceptors (Lipinski definition) is 5. The van der Waals surface area contributed by atoms with Crippen molar-refractivity contribution in [3.05, 3.63) is 42.0 Å². The average molecular weight is 411 g/mol. The molecule has 3 aromatic rings. The Morgan fingerprint density at radius 3 is 2.83 bits per heavy atom. The number of urea groups is 1. The Kier molecular flexibility index (Phi) is 5.99. The third kappa shape index (κ3) is 4.87. The zero-order valence-corrected chi connectivity index (χ0v) is 17.6. The van der Waals surface area contributed by atoms with Gasteiger partial charge in [-0.05, 0) is 44.0 Å². The number of nitrogens with zero attached hydrogens (tertiary/aromatic N) is 4. The van der Waals surface area contributed by atoms with Crippen molar-refractivity contribution >= 4 is 34.5 Å². The van der Waals surface area contributed by atoms with Gasteiger partial charge >= 0.3 is 6.03 Å². The first-order valence-electron chi connectivity index (χ1n) is 10.0. The molecule has 152 valence electrons. The van der Waals surface area contributed by atoms with Crippen molar-refractivity contribution in [2.24, 2.45) is 7.05 Å². The monoisotopic (exact) mass is 410 g/mol. The molecule has 2 amide bonds. The highest BCUT2D eigenvalue weighted by Crippen LogP contribution is 2.24. The number of carbonyl (C=O) groups excluding carboxylic acids is 1. The smallest absolute Gasteiger partial charge is 0.319 e. The van der Waals surface area contributed by atoms with E-state index in [9.17, 15) is 4.79 Å². The summed E-state index contributed by atoms with van der Waals surface area (Å²) in [7, 11) is 2.01. The molecule has 1 fully saturated rings. The largest absolute Gasteiger partial charge is 0.335 e. The molecule has 2 N–H and O–H groups in total. The number of imidazole rings is 1. The fourth-order valence-electron chi connectivity index (χ4n) is 3.68. The summed E-state index contributed by atoms with van der Waals surface area (Å²) in [6.07, 6.45) is 7.57. The molecule has 7 nitrogen and oxygen atoms in total. The zero-order valence-electron chi connectivity index (χ0n) is 16.8. The normalized spacial score (nSPS) is 14.8. The van der Waals surface area contributed by atoms with Crippen LogP contribution in [0.5, 0.6) is 0 Å². The molecule has 0 unspecified atom stereocenters. The number of anilines is 1. The molecule has 1 saturated carbocycles. The zero-order chi connectivity index (χ0) is 20.2. The number of benzene rings is 1. The van der Waals surface area contributed by atoms with Gasteiger partial charge in [-0.3, -0.25) is 0 Å². The molecule has 0 saturated heterocycles. The van der Waals surface area contributed by atoms with Crippen LogP contribution in [0.2, 0.25) is 0 Å². The van der Waals surface area contributed by atoms with Gasteiger partial charge in [-0.25, -0.2) is 19.7 Å². The number of aryl methyl sites for hydroxylation is 2. The minimum absolute atomic E-state index is 0.139. The van der Waals surface area contributed by atoms with Crippen molar-refractivity contribution in [1.29, 1.82) is 0 Å². The molecule has 0 spiro atoms. The van der Waals surface area contributed by atoms with Gasteiger partial charge in [0, 0.05) is 30.7 Å². The first-order valence-corrected chi connectivity index (χ1v) is 11.0. The van der Waals surface area contributed by atoms with E-state index in [2.05, 4.69) is 25.2 Å². The standard InChI is InChI=1S/C21H26N6OS/c1-14-10-11-22-21(23-14)29-13-19-26-17-12-16(8-9-18(17)27(19)2)25-20(28)24-15-6-4-3-5-7-15/h8-12,15H,3-7,13H2,1-2H3,(H2,24,25,28). The second-order valence-electron chi connectivity index (χ2n) is 7.49. The summed E-state index contributed by atoms with van der Waals surface area (Å²) in [6, 6.07) is 7.88. The van der Waals surface area contributed by atoms with E-state index in [1.165, 1.54) is 19.3 Å². The van der Waals surface area contributed by atoms with Crippen LogP contribution in [0, 0.1) is 6.92 Å². The second-order valence-corrected chi connectivity index (χ2v) is 8.44. The predicted octanol–water partition coefficient (Wildman–Crippen LogP) is 4.42. The molecule has 1 aromatic carbocycles. The summed E-state index contributed by atoms with van der Waals surface area (Å²) in [6.45, 7) is 1.96. The summed E-state index contributed by atoms with van der Waals surface area (Å²) in [5.74, 6) is 1.62. The van der Waals surface area contributed by atoms with Crippen LogP contribution in [0.4, 0.5) is 10.5 Å². The molecular weight excluding hydrogens is 384 g/mol. The number of nitrogens with one attached hydrogen (secondary N) is 2. The summed E-state index contributed by atoms with van der Waals surface area (Å²) in [5.41, 5.74) is 3.60. The topological polar surface area (TPSA) is 84.7 Å². The van der Waals surface area contributed by atoms with Crippen LogP contribution in [0.3, 0.4) is 0 Å². The first-order chi connectivity index (χ1) is 14.1. The third-order valence-corrected chi connectivity index (χ3v) is 6.13. The summed E-state index contributed by atoms with van der Waals surface area (Å²) in [5, 5.41) is 6.78. The molecule has 2 aromatic heterocycles. The Morgan fingerprint density at radius 1 is 1.21 bits per heavy atom. The third-order valence-electron chi connectivity index (χ3n) is 5.27. The van der Waals surface area contributed by atoms with Crippen LogP contribution in [-0.4, -0.2) is 31.6 Å². The minimum Gasteiger partial charge on any atom is -0.335 e. The first kappa shape index (κ1) is 19.7. The molecular formula is C21H26N6OS. The average Bonchev–Trinajstić information content (AvgIpc) is 3.02. The van der Waals surface area contributed by atoms with Gasteiger partial charge in [-0.1, -0.05) is 31.0 Å². The van der Waals surface area contributed by atoms with Gasteiger partial charge in [-0.2, -0.15) is 0 Å². The van der Waals surface area contributed by atoms with Crippen LogP contribution in [0.1, 0.15) is 43.6 Å². The Balaban J connectivity index is 1.42. The number of hydrogen-bond donors (Lipinski definition) is 2.